The molecule has 1 aromatic rings. The molecule has 22 heavy (non-hydrogen) atoms. The van der Waals surface area contributed by atoms with Crippen molar-refractivity contribution in [2.75, 3.05) is 24.1 Å². The number of nitrogen functional groups attached to an aromatic ring is 1. The van der Waals surface area contributed by atoms with Crippen LogP contribution in [0.2, 0.25) is 0 Å². The van der Waals surface area contributed by atoms with Crippen molar-refractivity contribution in [3.05, 3.63) is 24.3 Å². The Morgan fingerprint density at radius 1 is 1.05 bits per heavy atom. The predicted molar refractivity (Wildman–Crippen MR) is 95.2 cm³/mol. The van der Waals surface area contributed by atoms with Crippen LogP contribution in [0, 0.1) is 0 Å². The number of hydrogen-bond donors (Lipinski definition) is 2. The lowest BCUT2D eigenvalue weighted by molar-refractivity contribution is 0.0638. The summed E-state index contributed by atoms with van der Waals surface area (Å²) in [5, 5.41) is 3.65. The van der Waals surface area contributed by atoms with Crippen LogP contribution in [0.25, 0.3) is 0 Å². The third kappa shape index (κ3) is 3.57. The van der Waals surface area contributed by atoms with E-state index in [4.69, 9.17) is 5.73 Å². The van der Waals surface area contributed by atoms with Crippen molar-refractivity contribution < 1.29 is 0 Å². The maximum absolute atomic E-state index is 6.05. The van der Waals surface area contributed by atoms with Crippen LogP contribution in [-0.4, -0.2) is 29.6 Å². The Labute approximate surface area is 135 Å². The monoisotopic (exact) mass is 301 g/mol. The molecule has 0 amide bonds. The molecule has 2 fully saturated rings. The first-order chi connectivity index (χ1) is 10.7. The highest BCUT2D eigenvalue weighted by molar-refractivity contribution is 5.65. The normalized spacial score (nSPS) is 23.9. The number of nitrogens with zero attached hydrogens (tertiary/aromatic N) is 1. The van der Waals surface area contributed by atoms with E-state index in [1.54, 1.807) is 0 Å². The fourth-order valence-electron chi connectivity index (χ4n) is 4.22. The zero-order valence-corrected chi connectivity index (χ0v) is 14.0. The molecule has 2 aliphatic rings. The molecule has 1 saturated heterocycles. The van der Waals surface area contributed by atoms with E-state index in [0.29, 0.717) is 11.6 Å². The second-order valence-corrected chi connectivity index (χ2v) is 7.40. The molecule has 1 heterocycles. The molecule has 3 N–H and O–H groups in total. The standard InChI is InChI=1S/C19H31N3/c1-19(12-6-2-3-7-13-19)22-14-10-16(11-15-22)21-18-9-5-4-8-17(18)20/h4-5,8-9,16,21H,2-3,6-7,10-15,20H2,1H3. The number of rotatable bonds is 3. The Balaban J connectivity index is 1.55. The van der Waals surface area contributed by atoms with Crippen LogP contribution in [0.3, 0.4) is 0 Å². The van der Waals surface area contributed by atoms with Gasteiger partial charge in [-0.2, -0.15) is 0 Å². The van der Waals surface area contributed by atoms with Gasteiger partial charge in [0.2, 0.25) is 0 Å². The highest BCUT2D eigenvalue weighted by Crippen LogP contribution is 2.34. The molecule has 3 rings (SSSR count). The van der Waals surface area contributed by atoms with E-state index in [0.717, 1.165) is 11.4 Å². The van der Waals surface area contributed by atoms with Crippen LogP contribution in [0.1, 0.15) is 58.3 Å². The van der Waals surface area contributed by atoms with Gasteiger partial charge in [0.25, 0.3) is 0 Å². The number of piperidine rings is 1. The molecule has 0 bridgehead atoms. The van der Waals surface area contributed by atoms with Gasteiger partial charge in [-0.05, 0) is 44.7 Å². The van der Waals surface area contributed by atoms with E-state index in [2.05, 4.69) is 29.3 Å². The minimum absolute atomic E-state index is 0.452. The third-order valence-electron chi connectivity index (χ3n) is 5.76. The molecule has 3 nitrogen and oxygen atoms in total. The Bertz CT molecular complexity index is 469. The van der Waals surface area contributed by atoms with Crippen LogP contribution < -0.4 is 11.1 Å². The molecule has 0 spiro atoms. The average Bonchev–Trinajstić information content (AvgIpc) is 2.76. The summed E-state index contributed by atoms with van der Waals surface area (Å²) in [7, 11) is 0. The Kier molecular flexibility index (Phi) is 4.92. The van der Waals surface area contributed by atoms with Gasteiger partial charge in [-0.15, -0.1) is 0 Å². The van der Waals surface area contributed by atoms with Crippen molar-refractivity contribution in [3.8, 4) is 0 Å². The minimum atomic E-state index is 0.452. The number of likely N-dealkylation sites (tertiary alicyclic amines) is 1. The van der Waals surface area contributed by atoms with Crippen molar-refractivity contribution in [1.29, 1.82) is 0 Å². The molecule has 122 valence electrons. The van der Waals surface area contributed by atoms with Gasteiger partial charge in [0.15, 0.2) is 0 Å². The summed E-state index contributed by atoms with van der Waals surface area (Å²) in [6, 6.07) is 8.68. The van der Waals surface area contributed by atoms with Crippen LogP contribution in [0.5, 0.6) is 0 Å². The maximum Gasteiger partial charge on any atom is 0.0576 e. The summed E-state index contributed by atoms with van der Waals surface area (Å²) < 4.78 is 0. The van der Waals surface area contributed by atoms with E-state index in [1.807, 2.05) is 12.1 Å². The van der Waals surface area contributed by atoms with Crippen LogP contribution in [0.4, 0.5) is 11.4 Å². The average molecular weight is 301 g/mol. The summed E-state index contributed by atoms with van der Waals surface area (Å²) >= 11 is 0. The first-order valence-electron chi connectivity index (χ1n) is 9.03. The molecule has 1 saturated carbocycles. The lowest BCUT2D eigenvalue weighted by Crippen LogP contribution is -2.51. The van der Waals surface area contributed by atoms with Crippen LogP contribution in [0.15, 0.2) is 24.3 Å². The fourth-order valence-corrected chi connectivity index (χ4v) is 4.22. The summed E-state index contributed by atoms with van der Waals surface area (Å²) in [4.78, 5) is 2.77. The molecule has 0 aromatic heterocycles. The largest absolute Gasteiger partial charge is 0.397 e. The van der Waals surface area contributed by atoms with Gasteiger partial charge in [-0.1, -0.05) is 37.8 Å². The summed E-state index contributed by atoms with van der Waals surface area (Å²) in [6.45, 7) is 4.95. The van der Waals surface area contributed by atoms with E-state index in [-0.39, 0.29) is 0 Å². The molecular weight excluding hydrogens is 270 g/mol. The minimum Gasteiger partial charge on any atom is -0.397 e. The number of nitrogens with one attached hydrogen (secondary N) is 1. The molecule has 0 radical (unpaired) electrons. The fraction of sp³-hybridized carbons (Fsp3) is 0.684. The third-order valence-corrected chi connectivity index (χ3v) is 5.76. The van der Waals surface area contributed by atoms with Gasteiger partial charge in [0, 0.05) is 24.7 Å². The maximum atomic E-state index is 6.05. The van der Waals surface area contributed by atoms with Crippen LogP contribution >= 0.6 is 0 Å². The van der Waals surface area contributed by atoms with Gasteiger partial charge in [0.1, 0.15) is 0 Å². The van der Waals surface area contributed by atoms with E-state index in [9.17, 15) is 0 Å². The highest BCUT2D eigenvalue weighted by Gasteiger charge is 2.34. The van der Waals surface area contributed by atoms with Crippen molar-refractivity contribution >= 4 is 11.4 Å². The molecule has 0 unspecified atom stereocenters. The zero-order chi connectivity index (χ0) is 15.4. The van der Waals surface area contributed by atoms with Crippen molar-refractivity contribution in [1.82, 2.24) is 4.90 Å². The molecule has 1 aliphatic heterocycles. The first kappa shape index (κ1) is 15.7. The molecule has 1 aliphatic carbocycles. The topological polar surface area (TPSA) is 41.3 Å². The number of hydrogen-bond acceptors (Lipinski definition) is 3. The van der Waals surface area contributed by atoms with Crippen molar-refractivity contribution in [2.45, 2.75) is 69.9 Å². The Morgan fingerprint density at radius 2 is 1.68 bits per heavy atom. The molecular formula is C19H31N3. The Hall–Kier alpha value is -1.22. The molecule has 1 aromatic carbocycles. The number of nitrogens with two attached hydrogens (primary N) is 1. The highest BCUT2D eigenvalue weighted by atomic mass is 15.2. The van der Waals surface area contributed by atoms with Crippen molar-refractivity contribution in [2.24, 2.45) is 0 Å². The van der Waals surface area contributed by atoms with Crippen LogP contribution in [-0.2, 0) is 0 Å². The van der Waals surface area contributed by atoms with E-state index >= 15 is 0 Å². The Morgan fingerprint density at radius 3 is 2.32 bits per heavy atom. The smallest absolute Gasteiger partial charge is 0.0576 e. The van der Waals surface area contributed by atoms with E-state index < -0.39 is 0 Å². The summed E-state index contributed by atoms with van der Waals surface area (Å²) in [5.74, 6) is 0. The number of anilines is 2. The first-order valence-corrected chi connectivity index (χ1v) is 9.03. The van der Waals surface area contributed by atoms with Gasteiger partial charge in [0.05, 0.1) is 11.4 Å². The second kappa shape index (κ2) is 6.91. The SMILES string of the molecule is CC1(N2CCC(Nc3ccccc3N)CC2)CCCCCC1. The van der Waals surface area contributed by atoms with Crippen molar-refractivity contribution in [3.63, 3.8) is 0 Å². The van der Waals surface area contributed by atoms with Gasteiger partial charge in [-0.3, -0.25) is 4.90 Å². The number of para-hydroxylation sites is 2. The van der Waals surface area contributed by atoms with Gasteiger partial charge < -0.3 is 11.1 Å². The van der Waals surface area contributed by atoms with E-state index in [1.165, 1.54) is 64.5 Å². The lowest BCUT2D eigenvalue weighted by atomic mass is 9.88. The molecule has 0 atom stereocenters. The summed E-state index contributed by atoms with van der Waals surface area (Å²) in [6.07, 6.45) is 10.9. The zero-order valence-electron chi connectivity index (χ0n) is 14.0. The predicted octanol–water partition coefficient (Wildman–Crippen LogP) is 4.26. The van der Waals surface area contributed by atoms with Gasteiger partial charge >= 0.3 is 0 Å². The van der Waals surface area contributed by atoms with Gasteiger partial charge in [-0.25, -0.2) is 0 Å². The quantitative estimate of drug-likeness (QED) is 0.647. The number of benzene rings is 1. The second-order valence-electron chi connectivity index (χ2n) is 7.40. The lowest BCUT2D eigenvalue weighted by Gasteiger charge is -2.45. The summed E-state index contributed by atoms with van der Waals surface area (Å²) in [5.41, 5.74) is 8.46. The molecule has 3 heteroatoms.